The van der Waals surface area contributed by atoms with Crippen LogP contribution in [0.1, 0.15) is 81.1 Å². The van der Waals surface area contributed by atoms with E-state index in [9.17, 15) is 42.3 Å². The van der Waals surface area contributed by atoms with E-state index in [4.69, 9.17) is 9.47 Å². The number of halogens is 3. The molecule has 7 atom stereocenters. The first-order chi connectivity index (χ1) is 22.0. The maximum Gasteiger partial charge on any atom is 0.389 e. The molecule has 0 saturated carbocycles. The van der Waals surface area contributed by atoms with Crippen LogP contribution in [0.4, 0.5) is 18.0 Å². The molecule has 2 aliphatic rings. The lowest BCUT2D eigenvalue weighted by atomic mass is 9.84. The number of carbonyl (C=O) groups is 5. The number of urea groups is 1. The van der Waals surface area contributed by atoms with Crippen molar-refractivity contribution in [3.63, 3.8) is 0 Å². The first-order valence-corrected chi connectivity index (χ1v) is 16.4. The van der Waals surface area contributed by atoms with Gasteiger partial charge in [0, 0.05) is 26.6 Å². The minimum absolute atomic E-state index is 0.104. The Hall–Kier alpha value is -2.98. The second-order valence-electron chi connectivity index (χ2n) is 15.1. The first-order valence-electron chi connectivity index (χ1n) is 16.4. The number of ether oxygens (including phenoxy) is 2. The Labute approximate surface area is 280 Å². The zero-order chi connectivity index (χ0) is 36.8. The fourth-order valence-corrected chi connectivity index (χ4v) is 5.95. The summed E-state index contributed by atoms with van der Waals surface area (Å²) in [6.45, 7) is 15.1. The summed E-state index contributed by atoms with van der Waals surface area (Å²) in [4.78, 5) is 67.5. The van der Waals surface area contributed by atoms with Gasteiger partial charge in [-0.3, -0.25) is 19.2 Å². The summed E-state index contributed by atoms with van der Waals surface area (Å²) < 4.78 is 50.3. The third kappa shape index (κ3) is 11.6. The van der Waals surface area contributed by atoms with Crippen molar-refractivity contribution >= 4 is 29.5 Å². The fourth-order valence-electron chi connectivity index (χ4n) is 5.95. The number of likely N-dealkylation sites (tertiary alicyclic amines) is 1. The maximum absolute atomic E-state index is 14.2. The van der Waals surface area contributed by atoms with Crippen LogP contribution < -0.4 is 21.3 Å². The minimum Gasteiger partial charge on any atom is -0.379 e. The number of hydrogen-bond donors (Lipinski definition) is 5. The van der Waals surface area contributed by atoms with Crippen molar-refractivity contribution in [2.24, 2.45) is 22.7 Å². The lowest BCUT2D eigenvalue weighted by molar-refractivity contribution is -0.165. The van der Waals surface area contributed by atoms with Crippen LogP contribution in [-0.4, -0.2) is 109 Å². The summed E-state index contributed by atoms with van der Waals surface area (Å²) >= 11 is 0. The van der Waals surface area contributed by atoms with Gasteiger partial charge in [-0.1, -0.05) is 55.4 Å². The van der Waals surface area contributed by atoms with E-state index in [-0.39, 0.29) is 18.6 Å². The molecule has 276 valence electrons. The zero-order valence-electron chi connectivity index (χ0n) is 29.5. The number of alkyl halides is 3. The second-order valence-corrected chi connectivity index (χ2v) is 15.1. The van der Waals surface area contributed by atoms with Crippen molar-refractivity contribution in [1.29, 1.82) is 0 Å². The normalized spacial score (nSPS) is 22.9. The first kappa shape index (κ1) is 41.2. The van der Waals surface area contributed by atoms with Crippen LogP contribution in [0.15, 0.2) is 0 Å². The number of aliphatic hydroxyl groups excluding tert-OH is 1. The molecule has 0 aromatic rings. The van der Waals surface area contributed by atoms with Gasteiger partial charge in [0.05, 0.1) is 24.8 Å². The molecule has 2 fully saturated rings. The molecule has 0 radical (unpaired) electrons. The van der Waals surface area contributed by atoms with E-state index in [1.807, 2.05) is 13.8 Å². The van der Waals surface area contributed by atoms with Gasteiger partial charge in [0.2, 0.25) is 17.6 Å². The van der Waals surface area contributed by atoms with E-state index in [1.165, 1.54) is 4.90 Å². The molecule has 3 unspecified atom stereocenters. The number of nitrogens with zero attached hydrogens (tertiary/aromatic N) is 1. The van der Waals surface area contributed by atoms with Gasteiger partial charge in [-0.15, -0.1) is 0 Å². The van der Waals surface area contributed by atoms with E-state index in [2.05, 4.69) is 21.3 Å². The van der Waals surface area contributed by atoms with Crippen molar-refractivity contribution in [3.05, 3.63) is 0 Å². The van der Waals surface area contributed by atoms with Gasteiger partial charge in [0.25, 0.3) is 5.91 Å². The molecule has 2 aliphatic heterocycles. The monoisotopic (exact) mass is 693 g/mol. The molecule has 0 spiro atoms. The summed E-state index contributed by atoms with van der Waals surface area (Å²) in [6.07, 6.45) is -7.69. The van der Waals surface area contributed by atoms with E-state index in [0.29, 0.717) is 26.1 Å². The van der Waals surface area contributed by atoms with E-state index in [0.717, 1.165) is 7.05 Å². The fraction of sp³-hybridized carbons (Fsp3) is 0.844. The summed E-state index contributed by atoms with van der Waals surface area (Å²) in [7, 11) is 1.15. The molecular formula is C32H54F3N5O8. The number of likely N-dealkylation sites (N-methyl/N-ethyl adjacent to an activating group) is 1. The molecular weight excluding hydrogens is 639 g/mol. The molecule has 0 aromatic heterocycles. The Bertz CT molecular complexity index is 1150. The van der Waals surface area contributed by atoms with E-state index in [1.54, 1.807) is 41.5 Å². The molecule has 5 amide bonds. The molecule has 48 heavy (non-hydrogen) atoms. The molecule has 13 nitrogen and oxygen atoms in total. The number of amides is 5. The number of nitrogens with one attached hydrogen (secondary N) is 4. The van der Waals surface area contributed by atoms with Crippen LogP contribution >= 0.6 is 0 Å². The highest BCUT2D eigenvalue weighted by Gasteiger charge is 2.48. The Morgan fingerprint density at radius 1 is 0.958 bits per heavy atom. The smallest absolute Gasteiger partial charge is 0.379 e. The van der Waals surface area contributed by atoms with Gasteiger partial charge >= 0.3 is 12.2 Å². The van der Waals surface area contributed by atoms with Crippen molar-refractivity contribution in [2.75, 3.05) is 26.8 Å². The highest BCUT2D eigenvalue weighted by Crippen LogP contribution is 2.34. The number of carbonyl (C=O) groups excluding carboxylic acids is 5. The van der Waals surface area contributed by atoms with E-state index < -0.39 is 95.8 Å². The van der Waals surface area contributed by atoms with Gasteiger partial charge in [0.1, 0.15) is 12.1 Å². The van der Waals surface area contributed by atoms with Crippen molar-refractivity contribution in [1.82, 2.24) is 26.2 Å². The molecule has 0 aromatic carbocycles. The number of aliphatic hydroxyl groups is 1. The number of ketones is 1. The van der Waals surface area contributed by atoms with Gasteiger partial charge in [-0.05, 0) is 41.9 Å². The zero-order valence-corrected chi connectivity index (χ0v) is 29.5. The van der Waals surface area contributed by atoms with Crippen LogP contribution in [0.5, 0.6) is 0 Å². The molecule has 2 saturated heterocycles. The highest BCUT2D eigenvalue weighted by atomic mass is 19.4. The van der Waals surface area contributed by atoms with Crippen LogP contribution in [0.3, 0.4) is 0 Å². The topological polar surface area (TPSA) is 175 Å². The summed E-state index contributed by atoms with van der Waals surface area (Å²) in [5.74, 6) is -4.46. The number of rotatable bonds is 13. The lowest BCUT2D eigenvalue weighted by Gasteiger charge is -2.39. The number of Topliss-reactive ketones (excluding diaryl/α,β-unsaturated/α-hetero) is 1. The third-order valence-electron chi connectivity index (χ3n) is 8.77. The molecule has 2 heterocycles. The standard InChI is InChI=1S/C32H54F3N5O8/c1-17(2)19-11-14-40(21(19)25(42)37-20(10-13-32(33,34)35)22(41)26(43)36-9)27(44)23(30(3,4)5)38-29(46)39-24(31(6,7)8)28(45)48-18-12-15-47-16-18/h17-21,23-24,28,45H,10-16H2,1-9H3,(H,36,43)(H,37,42)(H2,38,39,46)/t18?,19-,20?,21+,23-,24-,28?/m1/s1. The Morgan fingerprint density at radius 3 is 2.06 bits per heavy atom. The third-order valence-corrected chi connectivity index (χ3v) is 8.77. The summed E-state index contributed by atoms with van der Waals surface area (Å²) in [5.41, 5.74) is -1.56. The molecule has 0 aliphatic carbocycles. The average Bonchev–Trinajstić information content (AvgIpc) is 3.64. The van der Waals surface area contributed by atoms with Gasteiger partial charge < -0.3 is 40.7 Å². The van der Waals surface area contributed by atoms with Crippen LogP contribution in [0, 0.1) is 22.7 Å². The molecule has 16 heteroatoms. The quantitative estimate of drug-likeness (QED) is 0.144. The Morgan fingerprint density at radius 2 is 1.58 bits per heavy atom. The predicted octanol–water partition coefficient (Wildman–Crippen LogP) is 2.25. The van der Waals surface area contributed by atoms with Crippen LogP contribution in [0.2, 0.25) is 0 Å². The Balaban J connectivity index is 2.34. The van der Waals surface area contributed by atoms with Crippen LogP contribution in [-0.2, 0) is 28.7 Å². The SMILES string of the molecule is CNC(=O)C(=O)C(CCC(F)(F)F)NC(=O)[C@@H]1[C@@H](C(C)C)CCN1C(=O)[C@@H](NC(=O)N[C@H](C(O)OC1CCOC1)C(C)(C)C)C(C)(C)C. The van der Waals surface area contributed by atoms with Crippen molar-refractivity contribution < 1.29 is 51.7 Å². The second kappa shape index (κ2) is 16.6. The molecule has 5 N–H and O–H groups in total. The predicted molar refractivity (Wildman–Crippen MR) is 169 cm³/mol. The van der Waals surface area contributed by atoms with Crippen molar-refractivity contribution in [2.45, 2.75) is 124 Å². The van der Waals surface area contributed by atoms with Gasteiger partial charge in [0.15, 0.2) is 6.29 Å². The van der Waals surface area contributed by atoms with E-state index >= 15 is 0 Å². The summed E-state index contributed by atoms with van der Waals surface area (Å²) in [6, 6.07) is -5.81. The van der Waals surface area contributed by atoms with Crippen LogP contribution in [0.25, 0.3) is 0 Å². The number of hydrogen-bond acceptors (Lipinski definition) is 8. The Kier molecular flexibility index (Phi) is 14.3. The lowest BCUT2D eigenvalue weighted by Crippen LogP contribution is -2.63. The summed E-state index contributed by atoms with van der Waals surface area (Å²) in [5, 5.41) is 20.7. The highest BCUT2D eigenvalue weighted by molar-refractivity contribution is 6.38. The van der Waals surface area contributed by atoms with Gasteiger partial charge in [-0.2, -0.15) is 13.2 Å². The molecule has 2 rings (SSSR count). The average molecular weight is 694 g/mol. The van der Waals surface area contributed by atoms with Gasteiger partial charge in [-0.25, -0.2) is 4.79 Å². The molecule has 0 bridgehead atoms. The minimum atomic E-state index is -4.65. The van der Waals surface area contributed by atoms with Crippen molar-refractivity contribution in [3.8, 4) is 0 Å². The largest absolute Gasteiger partial charge is 0.389 e. The maximum atomic E-state index is 14.2.